The Morgan fingerprint density at radius 2 is 0.591 bits per heavy atom. The van der Waals surface area contributed by atoms with Crippen LogP contribution in [0.25, 0.3) is 0 Å². The summed E-state index contributed by atoms with van der Waals surface area (Å²) >= 11 is 0. The largest absolute Gasteiger partial charge is 0.230 e. The molecule has 0 amide bonds. The van der Waals surface area contributed by atoms with Crippen molar-refractivity contribution >= 4 is 0 Å². The van der Waals surface area contributed by atoms with E-state index >= 15 is 0 Å². The van der Waals surface area contributed by atoms with Crippen LogP contribution in [0, 0.1) is 10.8 Å². The molecule has 0 spiro atoms. The summed E-state index contributed by atoms with van der Waals surface area (Å²) in [5.74, 6) is 0. The van der Waals surface area contributed by atoms with E-state index in [0.717, 1.165) is 0 Å². The minimum absolute atomic E-state index is 0.0426. The quantitative estimate of drug-likeness (QED) is 0.484. The highest BCUT2D eigenvalue weighted by Gasteiger charge is 2.40. The van der Waals surface area contributed by atoms with Gasteiger partial charge in [0.05, 0.1) is 0 Å². The van der Waals surface area contributed by atoms with Gasteiger partial charge in [-0.3, -0.25) is 0 Å². The molecule has 2 nitrogen and oxygen atoms in total. The summed E-state index contributed by atoms with van der Waals surface area (Å²) in [6.45, 7) is 21.2. The molecule has 0 saturated heterocycles. The van der Waals surface area contributed by atoms with Gasteiger partial charge < -0.3 is 0 Å². The zero-order valence-corrected chi connectivity index (χ0v) is 16.3. The molecule has 0 aliphatic heterocycles. The fraction of sp³-hybridized carbons (Fsp3) is 0.700. The third-order valence-electron chi connectivity index (χ3n) is 4.74. The lowest BCUT2D eigenvalue weighted by atomic mass is 9.79. The first-order valence-electron chi connectivity index (χ1n) is 8.07. The minimum atomic E-state index is -0.310. The Morgan fingerprint density at radius 1 is 0.409 bits per heavy atom. The van der Waals surface area contributed by atoms with E-state index in [2.05, 4.69) is 69.2 Å². The van der Waals surface area contributed by atoms with Crippen LogP contribution in [0.2, 0.25) is 0 Å². The Morgan fingerprint density at radius 3 is 0.727 bits per heavy atom. The molecule has 2 heteroatoms. The van der Waals surface area contributed by atoms with E-state index < -0.39 is 0 Å². The van der Waals surface area contributed by atoms with E-state index in [1.165, 1.54) is 0 Å². The van der Waals surface area contributed by atoms with Crippen LogP contribution >= 0.6 is 0 Å². The maximum atomic E-state index is 5.69. The second-order valence-electron chi connectivity index (χ2n) is 8.84. The molecular weight excluding hydrogens is 272 g/mol. The molecule has 0 unspecified atom stereocenters. The van der Waals surface area contributed by atoms with Crippen LogP contribution in [0.15, 0.2) is 36.4 Å². The van der Waals surface area contributed by atoms with Crippen molar-refractivity contribution in [2.24, 2.45) is 10.8 Å². The molecule has 1 rings (SSSR count). The van der Waals surface area contributed by atoms with Gasteiger partial charge in [0.2, 0.25) is 0 Å². The van der Waals surface area contributed by atoms with Gasteiger partial charge in [-0.1, -0.05) is 77.9 Å². The third-order valence-corrected chi connectivity index (χ3v) is 4.74. The predicted octanol–water partition coefficient (Wildman–Crippen LogP) is 6.27. The SMILES string of the molecule is CC(C)(C)C(C)(C)OOC(C)(C)C(C)(C)C.c1ccccc1. The van der Waals surface area contributed by atoms with Gasteiger partial charge in [0.25, 0.3) is 0 Å². The van der Waals surface area contributed by atoms with Crippen LogP contribution in [-0.2, 0) is 9.78 Å². The Labute approximate surface area is 138 Å². The van der Waals surface area contributed by atoms with Gasteiger partial charge in [0.1, 0.15) is 11.2 Å². The highest BCUT2D eigenvalue weighted by molar-refractivity contribution is 4.99. The fourth-order valence-electron chi connectivity index (χ4n) is 0.843. The maximum absolute atomic E-state index is 5.69. The molecule has 0 fully saturated rings. The van der Waals surface area contributed by atoms with Crippen LogP contribution in [-0.4, -0.2) is 11.2 Å². The van der Waals surface area contributed by atoms with E-state index in [9.17, 15) is 0 Å². The van der Waals surface area contributed by atoms with Gasteiger partial charge in [0.15, 0.2) is 0 Å². The van der Waals surface area contributed by atoms with E-state index in [0.29, 0.717) is 0 Å². The molecular formula is C20H36O2. The zero-order valence-electron chi connectivity index (χ0n) is 16.3. The summed E-state index contributed by atoms with van der Waals surface area (Å²) in [5, 5.41) is 0. The molecule has 0 N–H and O–H groups in total. The lowest BCUT2D eigenvalue weighted by Crippen LogP contribution is -2.46. The van der Waals surface area contributed by atoms with Crippen molar-refractivity contribution < 1.29 is 9.78 Å². The predicted molar refractivity (Wildman–Crippen MR) is 95.7 cm³/mol. The Kier molecular flexibility index (Phi) is 7.31. The van der Waals surface area contributed by atoms with Gasteiger partial charge in [0, 0.05) is 0 Å². The molecule has 0 aliphatic rings. The number of hydrogen-bond donors (Lipinski definition) is 0. The van der Waals surface area contributed by atoms with Gasteiger partial charge in [-0.2, -0.15) is 0 Å². The summed E-state index contributed by atoms with van der Waals surface area (Å²) in [6, 6.07) is 12.0. The molecule has 22 heavy (non-hydrogen) atoms. The van der Waals surface area contributed by atoms with E-state index in [-0.39, 0.29) is 22.0 Å². The summed E-state index contributed by atoms with van der Waals surface area (Å²) in [6.07, 6.45) is 0. The molecule has 0 bridgehead atoms. The molecule has 0 aromatic heterocycles. The molecule has 0 radical (unpaired) electrons. The smallest absolute Gasteiger partial charge is 0.103 e. The molecule has 1 aromatic carbocycles. The number of benzene rings is 1. The maximum Gasteiger partial charge on any atom is 0.103 e. The van der Waals surface area contributed by atoms with Gasteiger partial charge in [-0.05, 0) is 38.5 Å². The molecule has 128 valence electrons. The third kappa shape index (κ3) is 6.93. The van der Waals surface area contributed by atoms with Crippen molar-refractivity contribution in [1.29, 1.82) is 0 Å². The van der Waals surface area contributed by atoms with Crippen molar-refractivity contribution in [2.75, 3.05) is 0 Å². The lowest BCUT2D eigenvalue weighted by Gasteiger charge is -2.43. The minimum Gasteiger partial charge on any atom is -0.230 e. The van der Waals surface area contributed by atoms with Gasteiger partial charge in [-0.15, -0.1) is 0 Å². The molecule has 0 aliphatic carbocycles. The normalized spacial score (nSPS) is 13.4. The highest BCUT2D eigenvalue weighted by atomic mass is 17.2. The highest BCUT2D eigenvalue weighted by Crippen LogP contribution is 2.38. The molecule has 0 atom stereocenters. The van der Waals surface area contributed by atoms with E-state index in [1.54, 1.807) is 0 Å². The molecule has 0 saturated carbocycles. The Balaban J connectivity index is 0.000000604. The first-order valence-corrected chi connectivity index (χ1v) is 8.07. The Hall–Kier alpha value is -0.860. The average molecular weight is 309 g/mol. The monoisotopic (exact) mass is 308 g/mol. The van der Waals surface area contributed by atoms with Crippen LogP contribution in [0.5, 0.6) is 0 Å². The first-order chi connectivity index (χ1) is 9.71. The van der Waals surface area contributed by atoms with Crippen LogP contribution in [0.3, 0.4) is 0 Å². The summed E-state index contributed by atoms with van der Waals surface area (Å²) in [7, 11) is 0. The van der Waals surface area contributed by atoms with Crippen molar-refractivity contribution in [1.82, 2.24) is 0 Å². The van der Waals surface area contributed by atoms with Crippen molar-refractivity contribution in [3.05, 3.63) is 36.4 Å². The second kappa shape index (κ2) is 7.61. The average Bonchev–Trinajstić information content (AvgIpc) is 2.37. The summed E-state index contributed by atoms with van der Waals surface area (Å²) < 4.78 is 0. The summed E-state index contributed by atoms with van der Waals surface area (Å²) in [4.78, 5) is 11.4. The zero-order chi connectivity index (χ0) is 17.7. The van der Waals surface area contributed by atoms with Gasteiger partial charge >= 0.3 is 0 Å². The van der Waals surface area contributed by atoms with Crippen LogP contribution in [0.4, 0.5) is 0 Å². The topological polar surface area (TPSA) is 18.5 Å². The van der Waals surface area contributed by atoms with Crippen LogP contribution in [0.1, 0.15) is 69.2 Å². The number of hydrogen-bond acceptors (Lipinski definition) is 2. The van der Waals surface area contributed by atoms with Crippen LogP contribution < -0.4 is 0 Å². The Bertz CT molecular complexity index is 353. The van der Waals surface area contributed by atoms with Crippen molar-refractivity contribution in [3.8, 4) is 0 Å². The standard InChI is InChI=1S/C14H30O2.C6H6/c1-11(2,3)13(7,8)15-16-14(9,10)12(4,5)6;1-2-4-6-5-3-1/h1-10H3;1-6H. The van der Waals surface area contributed by atoms with Gasteiger partial charge in [-0.25, -0.2) is 9.78 Å². The first kappa shape index (κ1) is 21.1. The number of rotatable bonds is 3. The van der Waals surface area contributed by atoms with Crippen molar-refractivity contribution in [3.63, 3.8) is 0 Å². The lowest BCUT2D eigenvalue weighted by molar-refractivity contribution is -0.430. The molecule has 0 heterocycles. The summed E-state index contributed by atoms with van der Waals surface area (Å²) in [5.41, 5.74) is -0.535. The van der Waals surface area contributed by atoms with E-state index in [1.807, 2.05) is 36.4 Å². The van der Waals surface area contributed by atoms with E-state index in [4.69, 9.17) is 9.78 Å². The second-order valence-corrected chi connectivity index (χ2v) is 8.84. The van der Waals surface area contributed by atoms with Crippen molar-refractivity contribution in [2.45, 2.75) is 80.4 Å². The molecule has 1 aromatic rings. The fourth-order valence-corrected chi connectivity index (χ4v) is 0.843.